The second-order valence-electron chi connectivity index (χ2n) is 7.73. The quantitative estimate of drug-likeness (QED) is 0.427. The van der Waals surface area contributed by atoms with Crippen LogP contribution in [0.3, 0.4) is 0 Å². The summed E-state index contributed by atoms with van der Waals surface area (Å²) >= 11 is 1.42. The first kappa shape index (κ1) is 24.6. The monoisotopic (exact) mass is 485 g/mol. The van der Waals surface area contributed by atoms with Crippen molar-refractivity contribution in [1.82, 2.24) is 10.3 Å². The zero-order valence-electron chi connectivity index (χ0n) is 18.7. The molecule has 7 nitrogen and oxygen atoms in total. The number of carbonyl (C=O) groups is 1. The third kappa shape index (κ3) is 7.23. The van der Waals surface area contributed by atoms with Crippen molar-refractivity contribution in [1.29, 1.82) is 0 Å². The van der Waals surface area contributed by atoms with Crippen molar-refractivity contribution < 1.29 is 17.9 Å². The summed E-state index contributed by atoms with van der Waals surface area (Å²) in [4.78, 5) is 17.6. The molecule has 2 N–H and O–H groups in total. The predicted molar refractivity (Wildman–Crippen MR) is 130 cm³/mol. The Labute approximate surface area is 199 Å². The number of benzene rings is 2. The van der Waals surface area contributed by atoms with Crippen molar-refractivity contribution in [3.05, 3.63) is 72.4 Å². The van der Waals surface area contributed by atoms with Crippen LogP contribution in [0.5, 0.6) is 5.75 Å². The molecule has 0 unspecified atom stereocenters. The van der Waals surface area contributed by atoms with Gasteiger partial charge in [0.15, 0.2) is 0 Å². The van der Waals surface area contributed by atoms with E-state index in [1.54, 1.807) is 42.6 Å². The molecular formula is C24H27N3O4S2. The third-order valence-electron chi connectivity index (χ3n) is 4.70. The fraction of sp³-hybridized carbons (Fsp3) is 0.250. The van der Waals surface area contributed by atoms with E-state index in [-0.39, 0.29) is 10.8 Å². The third-order valence-corrected chi connectivity index (χ3v) is 7.06. The van der Waals surface area contributed by atoms with E-state index in [1.807, 2.05) is 12.1 Å². The van der Waals surface area contributed by atoms with Crippen LogP contribution >= 0.6 is 11.8 Å². The van der Waals surface area contributed by atoms with E-state index < -0.39 is 10.0 Å². The van der Waals surface area contributed by atoms with Gasteiger partial charge in [-0.2, -0.15) is 0 Å². The maximum Gasteiger partial charge on any atom is 0.261 e. The zero-order chi connectivity index (χ0) is 23.8. The largest absolute Gasteiger partial charge is 0.497 e. The number of amides is 1. The van der Waals surface area contributed by atoms with E-state index in [9.17, 15) is 13.2 Å². The van der Waals surface area contributed by atoms with Crippen LogP contribution in [0.1, 0.15) is 30.6 Å². The Hall–Kier alpha value is -3.04. The van der Waals surface area contributed by atoms with E-state index in [1.165, 1.54) is 31.0 Å². The van der Waals surface area contributed by atoms with Crippen LogP contribution in [0.15, 0.2) is 81.7 Å². The minimum absolute atomic E-state index is 0.131. The molecule has 0 saturated heterocycles. The summed E-state index contributed by atoms with van der Waals surface area (Å²) in [6.07, 6.45) is 2.49. The number of nitrogens with one attached hydrogen (secondary N) is 2. The maximum absolute atomic E-state index is 12.6. The molecule has 2 aromatic carbocycles. The standard InChI is InChI=1S/C24H27N3O4S2/c1-17(2)14-15-25-24(28)18-4-13-23(26-16-18)32-21-9-5-19(6-10-21)27-33(29,30)22-11-7-20(31-3)8-12-22/h4-13,16-17,27H,14-15H2,1-3H3,(H,25,28). The second-order valence-corrected chi connectivity index (χ2v) is 10.5. The van der Waals surface area contributed by atoms with Crippen LogP contribution in [0.25, 0.3) is 0 Å². The van der Waals surface area contributed by atoms with Gasteiger partial charge >= 0.3 is 0 Å². The molecule has 0 aliphatic heterocycles. The van der Waals surface area contributed by atoms with Crippen molar-refractivity contribution in [3.63, 3.8) is 0 Å². The van der Waals surface area contributed by atoms with Crippen LogP contribution in [0.2, 0.25) is 0 Å². The molecule has 0 spiro atoms. The fourth-order valence-electron chi connectivity index (χ4n) is 2.83. The Morgan fingerprint density at radius 1 is 1.03 bits per heavy atom. The highest BCUT2D eigenvalue weighted by Gasteiger charge is 2.14. The molecule has 33 heavy (non-hydrogen) atoms. The number of carbonyl (C=O) groups excluding carboxylic acids is 1. The number of anilines is 1. The lowest BCUT2D eigenvalue weighted by Gasteiger charge is -2.10. The lowest BCUT2D eigenvalue weighted by Crippen LogP contribution is -2.25. The first-order chi connectivity index (χ1) is 15.8. The molecular weight excluding hydrogens is 458 g/mol. The number of sulfonamides is 1. The Morgan fingerprint density at radius 2 is 1.73 bits per heavy atom. The number of nitrogens with zero attached hydrogens (tertiary/aromatic N) is 1. The van der Waals surface area contributed by atoms with Crippen LogP contribution in [-0.2, 0) is 10.0 Å². The molecule has 0 radical (unpaired) electrons. The van der Waals surface area contributed by atoms with E-state index in [0.29, 0.717) is 29.5 Å². The summed E-state index contributed by atoms with van der Waals surface area (Å²) in [5, 5.41) is 3.63. The Balaban J connectivity index is 1.58. The van der Waals surface area contributed by atoms with E-state index in [0.717, 1.165) is 16.3 Å². The van der Waals surface area contributed by atoms with Crippen molar-refractivity contribution in [2.24, 2.45) is 5.92 Å². The van der Waals surface area contributed by atoms with Gasteiger partial charge in [0.25, 0.3) is 15.9 Å². The van der Waals surface area contributed by atoms with Gasteiger partial charge in [-0.15, -0.1) is 0 Å². The Bertz CT molecular complexity index is 1160. The molecule has 1 aromatic heterocycles. The highest BCUT2D eigenvalue weighted by molar-refractivity contribution is 7.99. The summed E-state index contributed by atoms with van der Waals surface area (Å²) in [5.41, 5.74) is 0.975. The smallest absolute Gasteiger partial charge is 0.261 e. The van der Waals surface area contributed by atoms with E-state index in [4.69, 9.17) is 4.74 Å². The maximum atomic E-state index is 12.6. The van der Waals surface area contributed by atoms with Gasteiger partial charge in [-0.05, 0) is 73.0 Å². The van der Waals surface area contributed by atoms with Crippen LogP contribution in [0.4, 0.5) is 5.69 Å². The highest BCUT2D eigenvalue weighted by atomic mass is 32.2. The number of hydrogen-bond donors (Lipinski definition) is 2. The van der Waals surface area contributed by atoms with Gasteiger partial charge in [0.05, 0.1) is 17.6 Å². The first-order valence-electron chi connectivity index (χ1n) is 10.5. The number of rotatable bonds is 10. The van der Waals surface area contributed by atoms with Crippen molar-refractivity contribution >= 4 is 33.4 Å². The Morgan fingerprint density at radius 3 is 2.30 bits per heavy atom. The van der Waals surface area contributed by atoms with Crippen molar-refractivity contribution in [3.8, 4) is 5.75 Å². The van der Waals surface area contributed by atoms with Gasteiger partial charge < -0.3 is 10.1 Å². The number of methoxy groups -OCH3 is 1. The summed E-state index contributed by atoms with van der Waals surface area (Å²) in [6, 6.07) is 16.7. The topological polar surface area (TPSA) is 97.4 Å². The van der Waals surface area contributed by atoms with Gasteiger partial charge in [-0.1, -0.05) is 25.6 Å². The molecule has 0 bridgehead atoms. The zero-order valence-corrected chi connectivity index (χ0v) is 20.4. The SMILES string of the molecule is COc1ccc(S(=O)(=O)Nc2ccc(Sc3ccc(C(=O)NCCC(C)C)cn3)cc2)cc1. The predicted octanol–water partition coefficient (Wildman–Crippen LogP) is 4.82. The van der Waals surface area contributed by atoms with Crippen molar-refractivity contribution in [2.75, 3.05) is 18.4 Å². The molecule has 3 aromatic rings. The van der Waals surface area contributed by atoms with Crippen LogP contribution < -0.4 is 14.8 Å². The van der Waals surface area contributed by atoms with Gasteiger partial charge in [0.2, 0.25) is 0 Å². The second kappa shape index (κ2) is 11.2. The fourth-order valence-corrected chi connectivity index (χ4v) is 4.65. The molecule has 0 saturated carbocycles. The van der Waals surface area contributed by atoms with E-state index in [2.05, 4.69) is 28.9 Å². The normalized spacial score (nSPS) is 11.3. The Kier molecular flexibility index (Phi) is 8.35. The van der Waals surface area contributed by atoms with Crippen LogP contribution in [0, 0.1) is 5.92 Å². The number of hydrogen-bond acceptors (Lipinski definition) is 6. The molecule has 0 aliphatic rings. The number of ether oxygens (including phenoxy) is 1. The summed E-state index contributed by atoms with van der Waals surface area (Å²) in [5.74, 6) is 0.989. The van der Waals surface area contributed by atoms with Crippen LogP contribution in [-0.4, -0.2) is 33.0 Å². The molecule has 0 aliphatic carbocycles. The minimum atomic E-state index is -3.70. The van der Waals surface area contributed by atoms with Gasteiger partial charge in [0, 0.05) is 23.3 Å². The van der Waals surface area contributed by atoms with E-state index >= 15 is 0 Å². The average Bonchev–Trinajstić information content (AvgIpc) is 2.80. The number of pyridine rings is 1. The molecule has 3 rings (SSSR count). The lowest BCUT2D eigenvalue weighted by atomic mass is 10.1. The summed E-state index contributed by atoms with van der Waals surface area (Å²) in [7, 11) is -2.17. The molecule has 174 valence electrons. The molecule has 9 heteroatoms. The molecule has 1 amide bonds. The van der Waals surface area contributed by atoms with Gasteiger partial charge in [-0.3, -0.25) is 9.52 Å². The molecule has 0 fully saturated rings. The van der Waals surface area contributed by atoms with Gasteiger partial charge in [0.1, 0.15) is 10.8 Å². The van der Waals surface area contributed by atoms with Gasteiger partial charge in [-0.25, -0.2) is 13.4 Å². The first-order valence-corrected chi connectivity index (χ1v) is 12.8. The summed E-state index contributed by atoms with van der Waals surface area (Å²) in [6.45, 7) is 4.87. The minimum Gasteiger partial charge on any atom is -0.497 e. The van der Waals surface area contributed by atoms with Crippen molar-refractivity contribution in [2.45, 2.75) is 35.1 Å². The molecule has 1 heterocycles. The average molecular weight is 486 g/mol. The number of aromatic nitrogens is 1. The lowest BCUT2D eigenvalue weighted by molar-refractivity contribution is 0.0951. The summed E-state index contributed by atoms with van der Waals surface area (Å²) < 4.78 is 32.8. The highest BCUT2D eigenvalue weighted by Crippen LogP contribution is 2.28. The molecule has 0 atom stereocenters.